The number of sulfonamides is 1. The molecule has 0 aliphatic rings. The van der Waals surface area contributed by atoms with Crippen LogP contribution in [0.15, 0.2) is 9.63 Å². The molecule has 1 heterocycles. The van der Waals surface area contributed by atoms with Gasteiger partial charge in [0.1, 0.15) is 0 Å². The molecule has 2 N–H and O–H groups in total. The van der Waals surface area contributed by atoms with E-state index in [2.05, 4.69) is 31.0 Å². The fourth-order valence-corrected chi connectivity index (χ4v) is 3.80. The van der Waals surface area contributed by atoms with E-state index in [1.165, 1.54) is 11.7 Å². The van der Waals surface area contributed by atoms with E-state index < -0.39 is 16.0 Å². The van der Waals surface area contributed by atoms with Gasteiger partial charge in [0.25, 0.3) is 10.0 Å². The summed E-state index contributed by atoms with van der Waals surface area (Å²) in [7, 11) is -2.14. The zero-order chi connectivity index (χ0) is 15.2. The first-order valence-corrected chi connectivity index (χ1v) is 8.39. The zero-order valence-electron chi connectivity index (χ0n) is 11.0. The van der Waals surface area contributed by atoms with Crippen molar-refractivity contribution in [3.63, 3.8) is 0 Å². The normalized spacial score (nSPS) is 11.7. The van der Waals surface area contributed by atoms with E-state index in [0.29, 0.717) is 19.4 Å². The van der Waals surface area contributed by atoms with E-state index in [4.69, 9.17) is 5.11 Å². The Labute approximate surface area is 125 Å². The fourth-order valence-electron chi connectivity index (χ4n) is 1.64. The van der Waals surface area contributed by atoms with Gasteiger partial charge >= 0.3 is 5.97 Å². The van der Waals surface area contributed by atoms with Crippen LogP contribution >= 0.6 is 15.9 Å². The molecule has 0 saturated carbocycles. The first-order chi connectivity index (χ1) is 9.34. The molecule has 0 aliphatic heterocycles. The van der Waals surface area contributed by atoms with Gasteiger partial charge in [0.15, 0.2) is 4.60 Å². The Morgan fingerprint density at radius 3 is 2.55 bits per heavy atom. The van der Waals surface area contributed by atoms with Crippen molar-refractivity contribution in [2.75, 3.05) is 6.54 Å². The lowest BCUT2D eigenvalue weighted by Gasteiger charge is -2.06. The zero-order valence-corrected chi connectivity index (χ0v) is 13.4. The smallest absolute Gasteiger partial charge is 0.303 e. The van der Waals surface area contributed by atoms with Crippen molar-refractivity contribution in [1.82, 2.24) is 19.7 Å². The van der Waals surface area contributed by atoms with Crippen LogP contribution in [0.4, 0.5) is 0 Å². The molecule has 0 unspecified atom stereocenters. The molecule has 0 saturated heterocycles. The molecule has 114 valence electrons. The van der Waals surface area contributed by atoms with Gasteiger partial charge in [-0.2, -0.15) is 0 Å². The second-order valence-electron chi connectivity index (χ2n) is 4.26. The Hall–Kier alpha value is -1.00. The third-order valence-corrected chi connectivity index (χ3v) is 4.95. The summed E-state index contributed by atoms with van der Waals surface area (Å²) in [6, 6.07) is 0. The van der Waals surface area contributed by atoms with Crippen LogP contribution in [0.5, 0.6) is 0 Å². The summed E-state index contributed by atoms with van der Waals surface area (Å²) in [5.74, 6) is -0.806. The van der Waals surface area contributed by atoms with Crippen LogP contribution in [0.1, 0.15) is 32.1 Å². The summed E-state index contributed by atoms with van der Waals surface area (Å²) in [4.78, 5) is 10.3. The van der Waals surface area contributed by atoms with Crippen LogP contribution in [0.2, 0.25) is 0 Å². The molecule has 0 amide bonds. The summed E-state index contributed by atoms with van der Waals surface area (Å²) >= 11 is 3.04. The van der Waals surface area contributed by atoms with Gasteiger partial charge in [-0.3, -0.25) is 4.79 Å². The summed E-state index contributed by atoms with van der Waals surface area (Å²) in [6.07, 6.45) is 2.96. The predicted molar refractivity (Wildman–Crippen MR) is 74.6 cm³/mol. The number of nitrogens with one attached hydrogen (secondary N) is 1. The van der Waals surface area contributed by atoms with Crippen molar-refractivity contribution in [2.24, 2.45) is 7.05 Å². The van der Waals surface area contributed by atoms with Crippen molar-refractivity contribution in [1.29, 1.82) is 0 Å². The van der Waals surface area contributed by atoms with E-state index in [0.717, 1.165) is 12.8 Å². The number of halogens is 1. The minimum Gasteiger partial charge on any atom is -0.481 e. The molecule has 0 atom stereocenters. The highest BCUT2D eigenvalue weighted by Crippen LogP contribution is 2.17. The number of hydrogen-bond donors (Lipinski definition) is 2. The third kappa shape index (κ3) is 5.17. The number of aromatic nitrogens is 3. The maximum absolute atomic E-state index is 12.0. The molecule has 0 aromatic carbocycles. The predicted octanol–water partition coefficient (Wildman–Crippen LogP) is 0.891. The number of nitrogens with zero attached hydrogens (tertiary/aromatic N) is 3. The summed E-state index contributed by atoms with van der Waals surface area (Å²) in [6.45, 7) is 0.299. The topological polar surface area (TPSA) is 114 Å². The number of rotatable bonds is 9. The minimum atomic E-state index is -3.64. The molecule has 0 bridgehead atoms. The summed E-state index contributed by atoms with van der Waals surface area (Å²) < 4.78 is 27.8. The van der Waals surface area contributed by atoms with Gasteiger partial charge in [-0.25, -0.2) is 17.8 Å². The monoisotopic (exact) mass is 368 g/mol. The SMILES string of the molecule is Cn1nnc(Br)c1S(=O)(=O)NCCCCCCC(=O)O. The maximum atomic E-state index is 12.0. The molecule has 10 heteroatoms. The second kappa shape index (κ2) is 7.70. The van der Waals surface area contributed by atoms with Crippen molar-refractivity contribution in [2.45, 2.75) is 37.1 Å². The molecule has 0 radical (unpaired) electrons. The van der Waals surface area contributed by atoms with E-state index in [1.807, 2.05) is 0 Å². The van der Waals surface area contributed by atoms with Crippen LogP contribution in [0.3, 0.4) is 0 Å². The second-order valence-corrected chi connectivity index (χ2v) is 6.70. The largest absolute Gasteiger partial charge is 0.481 e. The molecular weight excluding hydrogens is 352 g/mol. The number of hydrogen-bond acceptors (Lipinski definition) is 5. The highest BCUT2D eigenvalue weighted by molar-refractivity contribution is 9.10. The molecule has 1 aromatic heterocycles. The van der Waals surface area contributed by atoms with Crippen LogP contribution in [-0.2, 0) is 21.9 Å². The molecule has 1 rings (SSSR count). The van der Waals surface area contributed by atoms with Gasteiger partial charge < -0.3 is 5.11 Å². The van der Waals surface area contributed by atoms with Gasteiger partial charge in [0.2, 0.25) is 5.03 Å². The van der Waals surface area contributed by atoms with E-state index in [9.17, 15) is 13.2 Å². The Kier molecular flexibility index (Phi) is 6.56. The number of carbonyl (C=O) groups is 1. The lowest BCUT2D eigenvalue weighted by atomic mass is 10.1. The molecule has 0 spiro atoms. The van der Waals surface area contributed by atoms with Crippen molar-refractivity contribution in [3.8, 4) is 0 Å². The Morgan fingerprint density at radius 1 is 1.35 bits per heavy atom. The first kappa shape index (κ1) is 17.1. The van der Waals surface area contributed by atoms with Gasteiger partial charge in [-0.05, 0) is 28.8 Å². The molecular formula is C10H17BrN4O4S. The van der Waals surface area contributed by atoms with Gasteiger partial charge in [0, 0.05) is 20.0 Å². The Balaban J connectivity index is 2.33. The highest BCUT2D eigenvalue weighted by Gasteiger charge is 2.22. The molecule has 0 aliphatic carbocycles. The lowest BCUT2D eigenvalue weighted by Crippen LogP contribution is -2.27. The fraction of sp³-hybridized carbons (Fsp3) is 0.700. The van der Waals surface area contributed by atoms with Crippen molar-refractivity contribution >= 4 is 31.9 Å². The lowest BCUT2D eigenvalue weighted by molar-refractivity contribution is -0.137. The molecule has 8 nitrogen and oxygen atoms in total. The first-order valence-electron chi connectivity index (χ1n) is 6.11. The standard InChI is InChI=1S/C10H17BrN4O4S/c1-15-10(9(11)13-14-15)20(18,19)12-7-5-3-2-4-6-8(16)17/h12H,2-7H2,1H3,(H,16,17). The quantitative estimate of drug-likeness (QED) is 0.625. The number of aliphatic carboxylic acids is 1. The van der Waals surface area contributed by atoms with Crippen LogP contribution < -0.4 is 4.72 Å². The molecule has 0 fully saturated rings. The number of unbranched alkanes of at least 4 members (excludes halogenated alkanes) is 3. The van der Waals surface area contributed by atoms with Crippen LogP contribution in [0, 0.1) is 0 Å². The number of carboxylic acids is 1. The Morgan fingerprint density at radius 2 is 2.00 bits per heavy atom. The summed E-state index contributed by atoms with van der Waals surface area (Å²) in [5, 5.41) is 15.7. The maximum Gasteiger partial charge on any atom is 0.303 e. The average molecular weight is 369 g/mol. The third-order valence-electron chi connectivity index (χ3n) is 2.60. The molecule has 20 heavy (non-hydrogen) atoms. The van der Waals surface area contributed by atoms with Crippen LogP contribution in [0.25, 0.3) is 0 Å². The van der Waals surface area contributed by atoms with Gasteiger partial charge in [-0.15, -0.1) is 5.10 Å². The van der Waals surface area contributed by atoms with E-state index in [-0.39, 0.29) is 16.0 Å². The summed E-state index contributed by atoms with van der Waals surface area (Å²) in [5.41, 5.74) is 0. The number of aryl methyl sites for hydroxylation is 1. The van der Waals surface area contributed by atoms with Crippen molar-refractivity contribution in [3.05, 3.63) is 4.60 Å². The van der Waals surface area contributed by atoms with E-state index >= 15 is 0 Å². The Bertz CT molecular complexity index is 538. The average Bonchev–Trinajstić information content (AvgIpc) is 2.68. The molecule has 1 aromatic rings. The number of carboxylic acid groups (broad SMARTS) is 1. The van der Waals surface area contributed by atoms with Crippen LogP contribution in [-0.4, -0.2) is 41.0 Å². The highest BCUT2D eigenvalue weighted by atomic mass is 79.9. The van der Waals surface area contributed by atoms with Gasteiger partial charge in [-0.1, -0.05) is 18.1 Å². The van der Waals surface area contributed by atoms with Crippen molar-refractivity contribution < 1.29 is 18.3 Å². The van der Waals surface area contributed by atoms with E-state index in [1.54, 1.807) is 0 Å². The minimum absolute atomic E-state index is 0.0108. The van der Waals surface area contributed by atoms with Gasteiger partial charge in [0.05, 0.1) is 0 Å².